The molecule has 0 unspecified atom stereocenters. The first-order chi connectivity index (χ1) is 10.6. The smallest absolute Gasteiger partial charge is 0.261 e. The van der Waals surface area contributed by atoms with Gasteiger partial charge in [0.05, 0.1) is 18.0 Å². The Labute approximate surface area is 130 Å². The van der Waals surface area contributed by atoms with Gasteiger partial charge in [-0.15, -0.1) is 11.3 Å². The van der Waals surface area contributed by atoms with Gasteiger partial charge in [-0.2, -0.15) is 5.10 Å². The minimum atomic E-state index is -0.283. The second-order valence-corrected chi connectivity index (χ2v) is 5.95. The number of halogens is 1. The lowest BCUT2D eigenvalue weighted by Gasteiger charge is -1.99. The third-order valence-electron chi connectivity index (χ3n) is 3.32. The van der Waals surface area contributed by atoms with Crippen molar-refractivity contribution in [1.29, 1.82) is 0 Å². The normalized spacial score (nSPS) is 11.0. The molecule has 0 aliphatic carbocycles. The molecule has 3 aromatic rings. The van der Waals surface area contributed by atoms with Gasteiger partial charge in [-0.3, -0.25) is 9.48 Å². The first-order valence-electron chi connectivity index (χ1n) is 6.90. The quantitative estimate of drug-likeness (QED) is 0.763. The van der Waals surface area contributed by atoms with Gasteiger partial charge in [-0.1, -0.05) is 0 Å². The van der Waals surface area contributed by atoms with Crippen LogP contribution in [-0.2, 0) is 7.05 Å². The highest BCUT2D eigenvalue weighted by atomic mass is 32.1. The summed E-state index contributed by atoms with van der Waals surface area (Å²) in [6.45, 7) is 1.20. The van der Waals surface area contributed by atoms with Gasteiger partial charge < -0.3 is 11.1 Å². The zero-order chi connectivity index (χ0) is 15.7. The molecule has 0 saturated carbocycles. The summed E-state index contributed by atoms with van der Waals surface area (Å²) in [5, 5.41) is 8.19. The number of thiophene rings is 1. The van der Waals surface area contributed by atoms with E-state index in [2.05, 4.69) is 16.1 Å². The molecule has 4 N–H and O–H groups in total. The second kappa shape index (κ2) is 5.86. The maximum Gasteiger partial charge on any atom is 0.261 e. The van der Waals surface area contributed by atoms with Gasteiger partial charge in [0.25, 0.3) is 5.91 Å². The summed E-state index contributed by atoms with van der Waals surface area (Å²) in [5.74, 6) is -0.385. The number of quaternary nitrogens is 1. The second-order valence-electron chi connectivity index (χ2n) is 4.92. The van der Waals surface area contributed by atoms with Crippen molar-refractivity contribution in [2.24, 2.45) is 7.05 Å². The van der Waals surface area contributed by atoms with Crippen molar-refractivity contribution < 1.29 is 14.9 Å². The number of nitrogens with one attached hydrogen (secondary N) is 1. The summed E-state index contributed by atoms with van der Waals surface area (Å²) >= 11 is 1.40. The fourth-order valence-corrected chi connectivity index (χ4v) is 3.25. The highest BCUT2D eigenvalue weighted by Gasteiger charge is 2.17. The molecule has 0 aliphatic heterocycles. The van der Waals surface area contributed by atoms with Gasteiger partial charge in [-0.25, -0.2) is 4.39 Å². The highest BCUT2D eigenvalue weighted by Crippen LogP contribution is 2.33. The molecule has 1 amide bonds. The summed E-state index contributed by atoms with van der Waals surface area (Å²) < 4.78 is 14.8. The van der Waals surface area contributed by atoms with Gasteiger partial charge in [0.2, 0.25) is 0 Å². The SMILES string of the molecule is Cn1nc(-c2ccc(F)cc2)c2cc(C(=O)NCC[NH3+])sc21. The Bertz CT molecular complexity index is 822. The molecule has 0 bridgehead atoms. The maximum atomic E-state index is 13.1. The number of carbonyl (C=O) groups is 1. The lowest BCUT2D eigenvalue weighted by Crippen LogP contribution is -2.54. The number of nitrogens with zero attached hydrogens (tertiary/aromatic N) is 2. The number of aryl methyl sites for hydroxylation is 1. The van der Waals surface area contributed by atoms with Crippen molar-refractivity contribution in [2.75, 3.05) is 13.1 Å². The Balaban J connectivity index is 2.03. The Kier molecular flexibility index (Phi) is 3.91. The summed E-state index contributed by atoms with van der Waals surface area (Å²) in [6.07, 6.45) is 0. The van der Waals surface area contributed by atoms with Crippen LogP contribution in [0.5, 0.6) is 0 Å². The molecule has 2 aromatic heterocycles. The molecular weight excluding hydrogens is 303 g/mol. The Morgan fingerprint density at radius 1 is 1.41 bits per heavy atom. The molecule has 22 heavy (non-hydrogen) atoms. The van der Waals surface area contributed by atoms with Crippen molar-refractivity contribution >= 4 is 27.5 Å². The van der Waals surface area contributed by atoms with Crippen LogP contribution in [-0.4, -0.2) is 28.8 Å². The van der Waals surface area contributed by atoms with Crippen molar-refractivity contribution in [3.63, 3.8) is 0 Å². The fourth-order valence-electron chi connectivity index (χ4n) is 2.26. The van der Waals surface area contributed by atoms with E-state index in [4.69, 9.17) is 0 Å². The molecule has 0 saturated heterocycles. The molecule has 0 aliphatic rings. The summed E-state index contributed by atoms with van der Waals surface area (Å²) in [6, 6.07) is 8.03. The molecule has 5 nitrogen and oxygen atoms in total. The van der Waals surface area contributed by atoms with Crippen molar-refractivity contribution in [1.82, 2.24) is 15.1 Å². The molecule has 0 spiro atoms. The lowest BCUT2D eigenvalue weighted by atomic mass is 10.1. The van der Waals surface area contributed by atoms with Gasteiger partial charge in [0.15, 0.2) is 0 Å². The third kappa shape index (κ3) is 2.60. The molecule has 7 heteroatoms. The lowest BCUT2D eigenvalue weighted by molar-refractivity contribution is -0.364. The monoisotopic (exact) mass is 319 g/mol. The van der Waals surface area contributed by atoms with Crippen molar-refractivity contribution in [3.8, 4) is 11.3 Å². The molecule has 3 rings (SSSR count). The van der Waals surface area contributed by atoms with E-state index in [1.165, 1.54) is 23.5 Å². The number of carbonyl (C=O) groups excluding carboxylic acids is 1. The first-order valence-corrected chi connectivity index (χ1v) is 7.71. The van der Waals surface area contributed by atoms with Crippen LogP contribution in [0.3, 0.4) is 0 Å². The van der Waals surface area contributed by atoms with Gasteiger partial charge in [0, 0.05) is 18.0 Å². The minimum absolute atomic E-state index is 0.102. The summed E-state index contributed by atoms with van der Waals surface area (Å²) in [5.41, 5.74) is 5.29. The van der Waals surface area contributed by atoms with Crippen LogP contribution in [0.4, 0.5) is 4.39 Å². The number of amides is 1. The van der Waals surface area contributed by atoms with Gasteiger partial charge >= 0.3 is 0 Å². The van der Waals surface area contributed by atoms with E-state index < -0.39 is 0 Å². The van der Waals surface area contributed by atoms with Crippen LogP contribution in [0.1, 0.15) is 9.67 Å². The number of hydrogen-bond donors (Lipinski definition) is 2. The van der Waals surface area contributed by atoms with Crippen LogP contribution in [0, 0.1) is 5.82 Å². The van der Waals surface area contributed by atoms with Crippen LogP contribution in [0.2, 0.25) is 0 Å². The van der Waals surface area contributed by atoms with E-state index in [9.17, 15) is 9.18 Å². The van der Waals surface area contributed by atoms with E-state index >= 15 is 0 Å². The fraction of sp³-hybridized carbons (Fsp3) is 0.200. The van der Waals surface area contributed by atoms with E-state index in [0.29, 0.717) is 18.0 Å². The summed E-state index contributed by atoms with van der Waals surface area (Å²) in [7, 11) is 1.84. The van der Waals surface area contributed by atoms with Crippen molar-refractivity contribution in [2.45, 2.75) is 0 Å². The third-order valence-corrected chi connectivity index (χ3v) is 4.52. The van der Waals surface area contributed by atoms with Crippen molar-refractivity contribution in [3.05, 3.63) is 41.0 Å². The average molecular weight is 319 g/mol. The maximum absolute atomic E-state index is 13.1. The number of fused-ring (bicyclic) bond motifs is 1. The molecule has 114 valence electrons. The van der Waals surface area contributed by atoms with Crippen LogP contribution in [0.25, 0.3) is 21.5 Å². The number of hydrogen-bond acceptors (Lipinski definition) is 3. The molecule has 1 aromatic carbocycles. The van der Waals surface area contributed by atoms with Gasteiger partial charge in [-0.05, 0) is 30.3 Å². The standard InChI is InChI=1S/C15H15FN4OS/c1-20-15-11(8-12(22-15)14(21)18-7-6-17)13(19-20)9-2-4-10(16)5-3-9/h2-5,8H,6-7,17H2,1H3,(H,18,21)/p+1. The zero-order valence-electron chi connectivity index (χ0n) is 12.1. The van der Waals surface area contributed by atoms with E-state index in [0.717, 1.165) is 21.5 Å². The number of rotatable bonds is 4. The predicted molar refractivity (Wildman–Crippen MR) is 84.1 cm³/mol. The van der Waals surface area contributed by atoms with E-state index in [1.807, 2.05) is 13.1 Å². The summed E-state index contributed by atoms with van der Waals surface area (Å²) in [4.78, 5) is 13.6. The first kappa shape index (κ1) is 14.7. The van der Waals surface area contributed by atoms with E-state index in [-0.39, 0.29) is 11.7 Å². The highest BCUT2D eigenvalue weighted by molar-refractivity contribution is 7.20. The number of benzene rings is 1. The Hall–Kier alpha value is -2.25. The molecule has 2 heterocycles. The van der Waals surface area contributed by atoms with Crippen LogP contribution < -0.4 is 11.1 Å². The largest absolute Gasteiger partial charge is 0.356 e. The van der Waals surface area contributed by atoms with Crippen LogP contribution >= 0.6 is 11.3 Å². The van der Waals surface area contributed by atoms with Gasteiger partial charge in [0.1, 0.15) is 16.3 Å². The Morgan fingerprint density at radius 3 is 2.82 bits per heavy atom. The Morgan fingerprint density at radius 2 is 2.14 bits per heavy atom. The molecular formula is C15H16FN4OS+. The van der Waals surface area contributed by atoms with E-state index in [1.54, 1.807) is 16.8 Å². The molecule has 0 fully saturated rings. The predicted octanol–water partition coefficient (Wildman–Crippen LogP) is 1.41. The zero-order valence-corrected chi connectivity index (χ0v) is 12.9. The topological polar surface area (TPSA) is 74.6 Å². The van der Waals surface area contributed by atoms with Crippen LogP contribution in [0.15, 0.2) is 30.3 Å². The number of aromatic nitrogens is 2. The molecule has 0 atom stereocenters. The minimum Gasteiger partial charge on any atom is -0.356 e. The molecule has 0 radical (unpaired) electrons. The average Bonchev–Trinajstić information content (AvgIpc) is 3.07.